The van der Waals surface area contributed by atoms with Crippen molar-refractivity contribution in [3.63, 3.8) is 0 Å². The van der Waals surface area contributed by atoms with E-state index in [1.807, 2.05) is 31.2 Å². The maximum Gasteiger partial charge on any atom is 0.287 e. The van der Waals surface area contributed by atoms with Crippen molar-refractivity contribution >= 4 is 23.0 Å². The third kappa shape index (κ3) is 3.28. The van der Waals surface area contributed by atoms with Crippen molar-refractivity contribution in [1.29, 1.82) is 0 Å². The number of anilines is 1. The summed E-state index contributed by atoms with van der Waals surface area (Å²) in [4.78, 5) is 29.3. The summed E-state index contributed by atoms with van der Waals surface area (Å²) < 4.78 is 1.60. The summed E-state index contributed by atoms with van der Waals surface area (Å²) in [5.74, 6) is -0.566. The molecule has 2 heterocycles. The molecule has 6 heteroatoms. The summed E-state index contributed by atoms with van der Waals surface area (Å²) in [6.07, 6.45) is 3.29. The van der Waals surface area contributed by atoms with Crippen LogP contribution in [0.2, 0.25) is 0 Å². The lowest BCUT2D eigenvalue weighted by Crippen LogP contribution is -2.25. The Bertz CT molecular complexity index is 959. The first-order valence-corrected chi connectivity index (χ1v) is 7.85. The zero-order chi connectivity index (χ0) is 17.8. The molecule has 126 valence electrons. The van der Waals surface area contributed by atoms with Crippen LogP contribution in [0.5, 0.6) is 0 Å². The number of pyridine rings is 1. The SMILES string of the molecule is C=CCNC(=O)c1nc(C(=O)Nc2ccccc2C)c2ccccn12. The summed E-state index contributed by atoms with van der Waals surface area (Å²) in [5.41, 5.74) is 2.43. The number of hydrogen-bond acceptors (Lipinski definition) is 3. The topological polar surface area (TPSA) is 75.5 Å². The Morgan fingerprint density at radius 2 is 1.92 bits per heavy atom. The molecule has 2 N–H and O–H groups in total. The fraction of sp³-hybridized carbons (Fsp3) is 0.105. The largest absolute Gasteiger partial charge is 0.346 e. The fourth-order valence-electron chi connectivity index (χ4n) is 2.50. The van der Waals surface area contributed by atoms with Gasteiger partial charge in [0.15, 0.2) is 5.69 Å². The van der Waals surface area contributed by atoms with E-state index in [0.29, 0.717) is 17.7 Å². The highest BCUT2D eigenvalue weighted by Gasteiger charge is 2.21. The third-order valence-corrected chi connectivity index (χ3v) is 3.77. The Morgan fingerprint density at radius 1 is 1.16 bits per heavy atom. The van der Waals surface area contributed by atoms with E-state index < -0.39 is 0 Å². The van der Waals surface area contributed by atoms with Crippen LogP contribution in [-0.2, 0) is 0 Å². The second kappa shape index (κ2) is 7.00. The number of hydrogen-bond donors (Lipinski definition) is 2. The highest BCUT2D eigenvalue weighted by molar-refractivity contribution is 6.09. The van der Waals surface area contributed by atoms with Crippen LogP contribution in [0.3, 0.4) is 0 Å². The van der Waals surface area contributed by atoms with E-state index in [1.54, 1.807) is 34.9 Å². The number of para-hydroxylation sites is 1. The maximum absolute atomic E-state index is 12.7. The molecule has 3 aromatic rings. The van der Waals surface area contributed by atoms with Crippen molar-refractivity contribution in [2.75, 3.05) is 11.9 Å². The first-order valence-electron chi connectivity index (χ1n) is 7.85. The highest BCUT2D eigenvalue weighted by atomic mass is 16.2. The monoisotopic (exact) mass is 334 g/mol. The van der Waals surface area contributed by atoms with Crippen LogP contribution in [0, 0.1) is 6.92 Å². The predicted molar refractivity (Wildman–Crippen MR) is 96.9 cm³/mol. The van der Waals surface area contributed by atoms with E-state index in [2.05, 4.69) is 22.2 Å². The number of fused-ring (bicyclic) bond motifs is 1. The molecule has 0 aliphatic carbocycles. The van der Waals surface area contributed by atoms with Gasteiger partial charge in [-0.25, -0.2) is 4.98 Å². The number of aryl methyl sites for hydroxylation is 1. The van der Waals surface area contributed by atoms with E-state index >= 15 is 0 Å². The summed E-state index contributed by atoms with van der Waals surface area (Å²) in [6.45, 7) is 5.81. The second-order valence-electron chi connectivity index (χ2n) is 5.51. The van der Waals surface area contributed by atoms with Crippen molar-refractivity contribution in [3.05, 3.63) is 78.4 Å². The highest BCUT2D eigenvalue weighted by Crippen LogP contribution is 2.18. The molecule has 0 saturated heterocycles. The Hall–Kier alpha value is -3.41. The molecule has 0 saturated carbocycles. The molecular weight excluding hydrogens is 316 g/mol. The lowest BCUT2D eigenvalue weighted by atomic mass is 10.2. The molecule has 0 aliphatic heterocycles. The number of amides is 2. The molecule has 2 aromatic heterocycles. The van der Waals surface area contributed by atoms with Crippen molar-refractivity contribution in [1.82, 2.24) is 14.7 Å². The van der Waals surface area contributed by atoms with Crippen LogP contribution in [0.15, 0.2) is 61.3 Å². The Labute approximate surface area is 145 Å². The molecule has 0 aliphatic rings. The van der Waals surface area contributed by atoms with Gasteiger partial charge >= 0.3 is 0 Å². The van der Waals surface area contributed by atoms with Crippen molar-refractivity contribution < 1.29 is 9.59 Å². The van der Waals surface area contributed by atoms with Gasteiger partial charge in [-0.2, -0.15) is 0 Å². The van der Waals surface area contributed by atoms with Crippen LogP contribution in [0.25, 0.3) is 5.52 Å². The minimum Gasteiger partial charge on any atom is -0.346 e. The zero-order valence-electron chi connectivity index (χ0n) is 13.8. The van der Waals surface area contributed by atoms with E-state index in [4.69, 9.17) is 0 Å². The van der Waals surface area contributed by atoms with Gasteiger partial charge in [-0.3, -0.25) is 14.0 Å². The van der Waals surface area contributed by atoms with Crippen LogP contribution in [0.4, 0.5) is 5.69 Å². The van der Waals surface area contributed by atoms with E-state index in [9.17, 15) is 9.59 Å². The number of nitrogens with zero attached hydrogens (tertiary/aromatic N) is 2. The molecular formula is C19H18N4O2. The number of rotatable bonds is 5. The normalized spacial score (nSPS) is 10.4. The average molecular weight is 334 g/mol. The van der Waals surface area contributed by atoms with Gasteiger partial charge in [-0.15, -0.1) is 6.58 Å². The molecule has 0 atom stereocenters. The van der Waals surface area contributed by atoms with E-state index in [0.717, 1.165) is 5.56 Å². The van der Waals surface area contributed by atoms with E-state index in [-0.39, 0.29) is 23.3 Å². The Kier molecular flexibility index (Phi) is 4.61. The number of carbonyl (C=O) groups excluding carboxylic acids is 2. The average Bonchev–Trinajstić information content (AvgIpc) is 3.01. The molecule has 6 nitrogen and oxygen atoms in total. The number of imidazole rings is 1. The predicted octanol–water partition coefficient (Wildman–Crippen LogP) is 2.81. The van der Waals surface area contributed by atoms with Gasteiger partial charge in [-0.05, 0) is 30.7 Å². The minimum absolute atomic E-state index is 0.160. The minimum atomic E-state index is -0.365. The van der Waals surface area contributed by atoms with Crippen LogP contribution in [-0.4, -0.2) is 27.7 Å². The van der Waals surface area contributed by atoms with Gasteiger partial charge in [0.05, 0.1) is 5.52 Å². The second-order valence-corrected chi connectivity index (χ2v) is 5.51. The summed E-state index contributed by atoms with van der Waals surface area (Å²) in [5, 5.41) is 5.53. The van der Waals surface area contributed by atoms with Crippen LogP contribution < -0.4 is 10.6 Å². The lowest BCUT2D eigenvalue weighted by Gasteiger charge is -2.06. The standard InChI is InChI=1S/C19H18N4O2/c1-3-11-20-19(25)17-22-16(15-10-6-7-12-23(15)17)18(24)21-14-9-5-4-8-13(14)2/h3-10,12H,1,11H2,2H3,(H,20,25)(H,21,24). The van der Waals surface area contributed by atoms with Crippen LogP contribution in [0.1, 0.15) is 26.7 Å². The number of nitrogens with one attached hydrogen (secondary N) is 2. The molecule has 0 spiro atoms. The number of benzene rings is 1. The van der Waals surface area contributed by atoms with E-state index in [1.165, 1.54) is 0 Å². The molecule has 0 fully saturated rings. The van der Waals surface area contributed by atoms with Gasteiger partial charge in [-0.1, -0.05) is 30.3 Å². The lowest BCUT2D eigenvalue weighted by molar-refractivity contribution is 0.0947. The first-order chi connectivity index (χ1) is 12.1. The summed E-state index contributed by atoms with van der Waals surface area (Å²) >= 11 is 0. The first kappa shape index (κ1) is 16.4. The smallest absolute Gasteiger partial charge is 0.287 e. The number of carbonyl (C=O) groups is 2. The molecule has 0 bridgehead atoms. The molecule has 0 unspecified atom stereocenters. The van der Waals surface area contributed by atoms with Crippen molar-refractivity contribution in [2.24, 2.45) is 0 Å². The van der Waals surface area contributed by atoms with Crippen molar-refractivity contribution in [2.45, 2.75) is 6.92 Å². The molecule has 1 aromatic carbocycles. The van der Waals surface area contributed by atoms with Gasteiger partial charge in [0.2, 0.25) is 5.82 Å². The van der Waals surface area contributed by atoms with Gasteiger partial charge in [0.1, 0.15) is 0 Å². The van der Waals surface area contributed by atoms with Crippen LogP contribution >= 0.6 is 0 Å². The Balaban J connectivity index is 1.99. The summed E-state index contributed by atoms with van der Waals surface area (Å²) in [7, 11) is 0. The quantitative estimate of drug-likeness (QED) is 0.705. The fourth-order valence-corrected chi connectivity index (χ4v) is 2.50. The molecule has 3 rings (SSSR count). The van der Waals surface area contributed by atoms with Gasteiger partial charge in [0.25, 0.3) is 11.8 Å². The number of aromatic nitrogens is 2. The molecule has 2 amide bonds. The van der Waals surface area contributed by atoms with Gasteiger partial charge < -0.3 is 10.6 Å². The Morgan fingerprint density at radius 3 is 2.68 bits per heavy atom. The zero-order valence-corrected chi connectivity index (χ0v) is 13.8. The maximum atomic E-state index is 12.7. The molecule has 0 radical (unpaired) electrons. The van der Waals surface area contributed by atoms with Crippen molar-refractivity contribution in [3.8, 4) is 0 Å². The van der Waals surface area contributed by atoms with Gasteiger partial charge in [0, 0.05) is 18.4 Å². The third-order valence-electron chi connectivity index (χ3n) is 3.77. The molecule has 25 heavy (non-hydrogen) atoms. The summed E-state index contributed by atoms with van der Waals surface area (Å²) in [6, 6.07) is 12.8.